The fourth-order valence-electron chi connectivity index (χ4n) is 4.56. The molecular weight excluding hydrogens is 286 g/mol. The zero-order valence-electron chi connectivity index (χ0n) is 12.1. The number of nitrogens with zero attached hydrogens (tertiary/aromatic N) is 1. The summed E-state index contributed by atoms with van der Waals surface area (Å²) < 4.78 is 27.8. The Labute approximate surface area is 125 Å². The van der Waals surface area contributed by atoms with Crippen molar-refractivity contribution in [3.63, 3.8) is 0 Å². The highest BCUT2D eigenvalue weighted by Gasteiger charge is 2.65. The Morgan fingerprint density at radius 3 is 2.52 bits per heavy atom. The molecule has 1 aromatic heterocycles. The Morgan fingerprint density at radius 2 is 1.95 bits per heavy atom. The number of sulfonamides is 1. The van der Waals surface area contributed by atoms with Crippen LogP contribution in [0.3, 0.4) is 0 Å². The molecule has 1 aromatic rings. The van der Waals surface area contributed by atoms with Crippen molar-refractivity contribution < 1.29 is 8.42 Å². The van der Waals surface area contributed by atoms with Gasteiger partial charge in [0, 0.05) is 18.8 Å². The summed E-state index contributed by atoms with van der Waals surface area (Å²) in [5.41, 5.74) is 0. The highest BCUT2D eigenvalue weighted by atomic mass is 32.2. The van der Waals surface area contributed by atoms with Crippen LogP contribution in [0, 0.1) is 23.7 Å². The maximum Gasteiger partial charge on any atom is 0.242 e. The molecule has 6 heteroatoms. The first kappa shape index (κ1) is 13.5. The van der Waals surface area contributed by atoms with Crippen molar-refractivity contribution in [2.75, 3.05) is 11.9 Å². The minimum Gasteiger partial charge on any atom is -0.370 e. The normalized spacial score (nSPS) is 36.5. The average Bonchev–Trinajstić information content (AvgIpc) is 2.85. The van der Waals surface area contributed by atoms with Gasteiger partial charge in [-0.3, -0.25) is 0 Å². The fraction of sp³-hybridized carbons (Fsp3) is 0.667. The van der Waals surface area contributed by atoms with Crippen LogP contribution in [0.4, 0.5) is 5.82 Å². The predicted molar refractivity (Wildman–Crippen MR) is 80.3 cm³/mol. The number of rotatable bonds is 5. The van der Waals surface area contributed by atoms with Gasteiger partial charge in [0.25, 0.3) is 0 Å². The highest BCUT2D eigenvalue weighted by Crippen LogP contribution is 2.65. The maximum atomic E-state index is 12.4. The third-order valence-corrected chi connectivity index (χ3v) is 6.88. The molecule has 2 N–H and O–H groups in total. The Bertz CT molecular complexity index is 627. The van der Waals surface area contributed by atoms with Gasteiger partial charge in [0.2, 0.25) is 10.0 Å². The average molecular weight is 307 g/mol. The van der Waals surface area contributed by atoms with Crippen LogP contribution in [0.25, 0.3) is 0 Å². The van der Waals surface area contributed by atoms with Crippen LogP contribution < -0.4 is 10.0 Å². The van der Waals surface area contributed by atoms with E-state index in [0.29, 0.717) is 17.7 Å². The number of anilines is 1. The molecule has 3 fully saturated rings. The summed E-state index contributed by atoms with van der Waals surface area (Å²) in [6.45, 7) is 2.75. The number of fused-ring (bicyclic) bond motifs is 5. The van der Waals surface area contributed by atoms with Crippen molar-refractivity contribution in [1.82, 2.24) is 9.71 Å². The lowest BCUT2D eigenvalue weighted by atomic mass is 10.0. The van der Waals surface area contributed by atoms with Gasteiger partial charge in [0.15, 0.2) is 0 Å². The van der Waals surface area contributed by atoms with Crippen molar-refractivity contribution in [1.29, 1.82) is 0 Å². The summed E-state index contributed by atoms with van der Waals surface area (Å²) in [6.07, 6.45) is 5.35. The molecule has 114 valence electrons. The molecule has 3 aliphatic rings. The van der Waals surface area contributed by atoms with E-state index in [9.17, 15) is 8.42 Å². The molecule has 0 aromatic carbocycles. The van der Waals surface area contributed by atoms with E-state index >= 15 is 0 Å². The van der Waals surface area contributed by atoms with Gasteiger partial charge >= 0.3 is 0 Å². The summed E-state index contributed by atoms with van der Waals surface area (Å²) in [5.74, 6) is 3.45. The first-order chi connectivity index (χ1) is 10.1. The van der Waals surface area contributed by atoms with E-state index in [-0.39, 0.29) is 10.9 Å². The molecule has 4 rings (SSSR count). The number of nitrogens with one attached hydrogen (secondary N) is 2. The van der Waals surface area contributed by atoms with Gasteiger partial charge < -0.3 is 5.32 Å². The van der Waals surface area contributed by atoms with Crippen molar-refractivity contribution in [3.8, 4) is 0 Å². The van der Waals surface area contributed by atoms with E-state index in [0.717, 1.165) is 18.4 Å². The second-order valence-corrected chi connectivity index (χ2v) is 8.26. The van der Waals surface area contributed by atoms with E-state index in [1.807, 2.05) is 6.92 Å². The topological polar surface area (TPSA) is 71.1 Å². The van der Waals surface area contributed by atoms with Gasteiger partial charge in [-0.05, 0) is 62.0 Å². The fourth-order valence-corrected chi connectivity index (χ4v) is 5.80. The molecule has 21 heavy (non-hydrogen) atoms. The molecule has 0 amide bonds. The summed E-state index contributed by atoms with van der Waals surface area (Å²) in [4.78, 5) is 4.41. The zero-order valence-corrected chi connectivity index (χ0v) is 12.9. The van der Waals surface area contributed by atoms with Crippen LogP contribution in [0.15, 0.2) is 23.2 Å². The monoisotopic (exact) mass is 307 g/mol. The highest BCUT2D eigenvalue weighted by molar-refractivity contribution is 7.89. The van der Waals surface area contributed by atoms with Crippen LogP contribution in [-0.4, -0.2) is 26.0 Å². The van der Waals surface area contributed by atoms with E-state index in [1.54, 1.807) is 12.1 Å². The first-order valence-electron chi connectivity index (χ1n) is 7.82. The SMILES string of the molecule is CCNc1ccc(S(=O)(=O)NC2C3C4CCC(C4)C23)cn1. The Balaban J connectivity index is 1.47. The van der Waals surface area contributed by atoms with Gasteiger partial charge in [-0.2, -0.15) is 0 Å². The lowest BCUT2D eigenvalue weighted by molar-refractivity contribution is 0.456. The number of hydrogen-bond donors (Lipinski definition) is 2. The molecule has 0 radical (unpaired) electrons. The van der Waals surface area contributed by atoms with Gasteiger partial charge in [-0.15, -0.1) is 0 Å². The summed E-state index contributed by atoms with van der Waals surface area (Å²) >= 11 is 0. The number of aromatic nitrogens is 1. The second kappa shape index (κ2) is 4.68. The molecule has 4 atom stereocenters. The maximum absolute atomic E-state index is 12.4. The molecule has 4 unspecified atom stereocenters. The van der Waals surface area contributed by atoms with Crippen LogP contribution in [0.1, 0.15) is 26.2 Å². The van der Waals surface area contributed by atoms with Gasteiger partial charge in [0.1, 0.15) is 10.7 Å². The minimum absolute atomic E-state index is 0.176. The molecule has 0 aliphatic heterocycles. The van der Waals surface area contributed by atoms with Gasteiger partial charge in [-0.25, -0.2) is 18.1 Å². The Morgan fingerprint density at radius 1 is 1.24 bits per heavy atom. The molecule has 5 nitrogen and oxygen atoms in total. The van der Waals surface area contributed by atoms with Crippen molar-refractivity contribution in [2.45, 2.75) is 37.1 Å². The summed E-state index contributed by atoms with van der Waals surface area (Å²) in [7, 11) is -3.43. The van der Waals surface area contributed by atoms with Crippen LogP contribution >= 0.6 is 0 Å². The van der Waals surface area contributed by atoms with Crippen LogP contribution in [0.2, 0.25) is 0 Å². The summed E-state index contributed by atoms with van der Waals surface area (Å²) in [6, 6.07) is 3.52. The third kappa shape index (κ3) is 2.16. The summed E-state index contributed by atoms with van der Waals surface area (Å²) in [5, 5.41) is 3.07. The van der Waals surface area contributed by atoms with E-state index in [4.69, 9.17) is 0 Å². The largest absolute Gasteiger partial charge is 0.370 e. The van der Waals surface area contributed by atoms with Gasteiger partial charge in [-0.1, -0.05) is 0 Å². The van der Waals surface area contributed by atoms with Crippen molar-refractivity contribution in [3.05, 3.63) is 18.3 Å². The molecule has 3 aliphatic carbocycles. The van der Waals surface area contributed by atoms with Crippen molar-refractivity contribution in [2.24, 2.45) is 23.7 Å². The molecular formula is C15H21N3O2S. The standard InChI is InChI=1S/C15H21N3O2S/c1-2-16-12-6-5-11(8-17-12)21(19,20)18-15-13-9-3-4-10(7-9)14(13)15/h5-6,8-10,13-15,18H,2-4,7H2,1H3,(H,16,17). The van der Waals surface area contributed by atoms with E-state index < -0.39 is 10.0 Å². The van der Waals surface area contributed by atoms with Crippen LogP contribution in [0.5, 0.6) is 0 Å². The molecule has 0 saturated heterocycles. The first-order valence-corrected chi connectivity index (χ1v) is 9.30. The minimum atomic E-state index is -3.43. The van der Waals surface area contributed by atoms with Gasteiger partial charge in [0.05, 0.1) is 0 Å². The van der Waals surface area contributed by atoms with E-state index in [2.05, 4.69) is 15.0 Å². The Hall–Kier alpha value is -1.14. The molecule has 3 saturated carbocycles. The molecule has 1 heterocycles. The zero-order chi connectivity index (χ0) is 14.6. The Kier molecular flexibility index (Phi) is 3.01. The lowest BCUT2D eigenvalue weighted by Gasteiger charge is -2.11. The second-order valence-electron chi connectivity index (χ2n) is 6.54. The quantitative estimate of drug-likeness (QED) is 0.871. The van der Waals surface area contributed by atoms with E-state index in [1.165, 1.54) is 25.5 Å². The van der Waals surface area contributed by atoms with Crippen LogP contribution in [-0.2, 0) is 10.0 Å². The molecule has 2 bridgehead atoms. The number of hydrogen-bond acceptors (Lipinski definition) is 4. The smallest absolute Gasteiger partial charge is 0.242 e. The third-order valence-electron chi connectivity index (χ3n) is 5.43. The number of pyridine rings is 1. The predicted octanol–water partition coefficient (Wildman–Crippen LogP) is 1.84. The molecule has 0 spiro atoms. The lowest BCUT2D eigenvalue weighted by Crippen LogP contribution is -2.30. The van der Waals surface area contributed by atoms with Crippen molar-refractivity contribution >= 4 is 15.8 Å².